The van der Waals surface area contributed by atoms with Crippen molar-refractivity contribution >= 4 is 21.8 Å². The minimum absolute atomic E-state index is 0.176. The van der Waals surface area contributed by atoms with Crippen LogP contribution in [0.5, 0.6) is 0 Å². The van der Waals surface area contributed by atoms with Crippen LogP contribution < -0.4 is 5.32 Å². The third-order valence-corrected chi connectivity index (χ3v) is 4.60. The summed E-state index contributed by atoms with van der Waals surface area (Å²) in [7, 11) is -3.51. The summed E-state index contributed by atoms with van der Waals surface area (Å²) >= 11 is 0. The number of anilines is 1. The van der Waals surface area contributed by atoms with Crippen molar-refractivity contribution in [2.75, 3.05) is 18.4 Å². The predicted molar refractivity (Wildman–Crippen MR) is 77.4 cm³/mol. The number of nitrogens with one attached hydrogen (secondary N) is 1. The molecule has 1 amide bonds. The van der Waals surface area contributed by atoms with Crippen LogP contribution in [0.15, 0.2) is 29.2 Å². The molecule has 0 aliphatic heterocycles. The number of carbonyl (C=O) groups is 1. The number of carboxylic acid groups (broad SMARTS) is 1. The van der Waals surface area contributed by atoms with Gasteiger partial charge in [0.15, 0.2) is 0 Å². The molecule has 6 nitrogen and oxygen atoms in total. The zero-order chi connectivity index (χ0) is 15.2. The van der Waals surface area contributed by atoms with Gasteiger partial charge in [-0.1, -0.05) is 13.8 Å². The smallest absolute Gasteiger partial charge is 0.409 e. The SMILES string of the molecule is CCCN(CCC)S(=O)(=O)c1ccc(NC(=O)O)cc1. The van der Waals surface area contributed by atoms with Gasteiger partial charge in [-0.15, -0.1) is 0 Å². The number of amides is 1. The molecular formula is C13H20N2O4S. The Bertz CT molecular complexity index is 534. The second-order valence-corrected chi connectivity index (χ2v) is 6.30. The van der Waals surface area contributed by atoms with Gasteiger partial charge < -0.3 is 5.11 Å². The monoisotopic (exact) mass is 300 g/mol. The zero-order valence-corrected chi connectivity index (χ0v) is 12.5. The molecular weight excluding hydrogens is 280 g/mol. The summed E-state index contributed by atoms with van der Waals surface area (Å²) in [6.45, 7) is 4.81. The van der Waals surface area contributed by atoms with Gasteiger partial charge >= 0.3 is 6.09 Å². The Balaban J connectivity index is 2.98. The normalized spacial score (nSPS) is 11.6. The first-order valence-electron chi connectivity index (χ1n) is 6.52. The van der Waals surface area contributed by atoms with Gasteiger partial charge in [-0.25, -0.2) is 13.2 Å². The van der Waals surface area contributed by atoms with Gasteiger partial charge in [-0.05, 0) is 37.1 Å². The summed E-state index contributed by atoms with van der Waals surface area (Å²) in [6.07, 6.45) is 0.315. The maximum absolute atomic E-state index is 12.4. The molecule has 1 aromatic carbocycles. The van der Waals surface area contributed by atoms with Crippen LogP contribution in [0.4, 0.5) is 10.5 Å². The summed E-state index contributed by atoms with van der Waals surface area (Å²) in [5.74, 6) is 0. The largest absolute Gasteiger partial charge is 0.465 e. The second-order valence-electron chi connectivity index (χ2n) is 4.36. The topological polar surface area (TPSA) is 86.7 Å². The van der Waals surface area contributed by atoms with Crippen LogP contribution in [-0.2, 0) is 10.0 Å². The van der Waals surface area contributed by atoms with Gasteiger partial charge in [0, 0.05) is 18.8 Å². The number of rotatable bonds is 7. The van der Waals surface area contributed by atoms with E-state index in [0.717, 1.165) is 12.8 Å². The van der Waals surface area contributed by atoms with Crippen LogP contribution in [-0.4, -0.2) is 37.0 Å². The molecule has 0 heterocycles. The third-order valence-electron chi connectivity index (χ3n) is 2.69. The van der Waals surface area contributed by atoms with Crippen LogP contribution in [0, 0.1) is 0 Å². The fourth-order valence-corrected chi connectivity index (χ4v) is 3.46. The van der Waals surface area contributed by atoms with Crippen LogP contribution in [0.25, 0.3) is 0 Å². The van der Waals surface area contributed by atoms with Gasteiger partial charge in [0.2, 0.25) is 10.0 Å². The van der Waals surface area contributed by atoms with Gasteiger partial charge in [0.1, 0.15) is 0 Å². The molecule has 2 N–H and O–H groups in total. The lowest BCUT2D eigenvalue weighted by molar-refractivity contribution is 0.209. The summed E-state index contributed by atoms with van der Waals surface area (Å²) in [5, 5.41) is 10.8. The van der Waals surface area contributed by atoms with Crippen molar-refractivity contribution in [3.05, 3.63) is 24.3 Å². The summed E-state index contributed by atoms with van der Waals surface area (Å²) in [6, 6.07) is 5.71. The number of sulfonamides is 1. The van der Waals surface area contributed by atoms with Crippen molar-refractivity contribution in [3.8, 4) is 0 Å². The maximum atomic E-state index is 12.4. The first-order valence-corrected chi connectivity index (χ1v) is 7.96. The van der Waals surface area contributed by atoms with Crippen LogP contribution in [0.2, 0.25) is 0 Å². The van der Waals surface area contributed by atoms with E-state index in [1.165, 1.54) is 28.6 Å². The van der Waals surface area contributed by atoms with E-state index in [9.17, 15) is 13.2 Å². The molecule has 0 saturated carbocycles. The Morgan fingerprint density at radius 3 is 2.05 bits per heavy atom. The highest BCUT2D eigenvalue weighted by atomic mass is 32.2. The van der Waals surface area contributed by atoms with E-state index >= 15 is 0 Å². The molecule has 0 aliphatic carbocycles. The maximum Gasteiger partial charge on any atom is 0.409 e. The van der Waals surface area contributed by atoms with E-state index in [-0.39, 0.29) is 4.90 Å². The molecule has 0 aliphatic rings. The van der Waals surface area contributed by atoms with E-state index in [1.807, 2.05) is 13.8 Å². The Morgan fingerprint density at radius 1 is 1.15 bits per heavy atom. The predicted octanol–water partition coefficient (Wildman–Crippen LogP) is 2.59. The summed E-state index contributed by atoms with van der Waals surface area (Å²) in [4.78, 5) is 10.7. The molecule has 0 spiro atoms. The Morgan fingerprint density at radius 2 is 1.65 bits per heavy atom. The number of benzene rings is 1. The molecule has 20 heavy (non-hydrogen) atoms. The number of nitrogens with zero attached hydrogens (tertiary/aromatic N) is 1. The minimum Gasteiger partial charge on any atom is -0.465 e. The standard InChI is InChI=1S/C13H20N2O4S/c1-3-9-15(10-4-2)20(18,19)12-7-5-11(6-8-12)14-13(16)17/h5-8,14H,3-4,9-10H2,1-2H3,(H,16,17). The Hall–Kier alpha value is -1.60. The van der Waals surface area contributed by atoms with Crippen molar-refractivity contribution in [3.63, 3.8) is 0 Å². The molecule has 0 atom stereocenters. The number of hydrogen-bond donors (Lipinski definition) is 2. The van der Waals surface area contributed by atoms with E-state index < -0.39 is 16.1 Å². The molecule has 1 rings (SSSR count). The van der Waals surface area contributed by atoms with Crippen LogP contribution >= 0.6 is 0 Å². The molecule has 0 saturated heterocycles. The second kappa shape index (κ2) is 7.25. The van der Waals surface area contributed by atoms with E-state index in [1.54, 1.807) is 0 Å². The van der Waals surface area contributed by atoms with Gasteiger partial charge in [-0.2, -0.15) is 4.31 Å². The lowest BCUT2D eigenvalue weighted by Crippen LogP contribution is -2.32. The van der Waals surface area contributed by atoms with Crippen LogP contribution in [0.1, 0.15) is 26.7 Å². The average Bonchev–Trinajstić information content (AvgIpc) is 2.38. The van der Waals surface area contributed by atoms with Crippen molar-refractivity contribution in [1.29, 1.82) is 0 Å². The van der Waals surface area contributed by atoms with E-state index in [4.69, 9.17) is 5.11 Å². The molecule has 1 aromatic rings. The highest BCUT2D eigenvalue weighted by molar-refractivity contribution is 7.89. The fraction of sp³-hybridized carbons (Fsp3) is 0.462. The van der Waals surface area contributed by atoms with Crippen LogP contribution in [0.3, 0.4) is 0 Å². The summed E-state index contributed by atoms with van der Waals surface area (Å²) < 4.78 is 26.3. The molecule has 0 aromatic heterocycles. The molecule has 112 valence electrons. The van der Waals surface area contributed by atoms with Crippen molar-refractivity contribution in [2.24, 2.45) is 0 Å². The highest BCUT2D eigenvalue weighted by Gasteiger charge is 2.22. The zero-order valence-electron chi connectivity index (χ0n) is 11.7. The molecule has 0 unspecified atom stereocenters. The average molecular weight is 300 g/mol. The third kappa shape index (κ3) is 4.21. The first kappa shape index (κ1) is 16.5. The first-order chi connectivity index (χ1) is 9.41. The summed E-state index contributed by atoms with van der Waals surface area (Å²) in [5.41, 5.74) is 0.342. The molecule has 7 heteroatoms. The Kier molecular flexibility index (Phi) is 5.97. The Labute approximate surface area is 119 Å². The lowest BCUT2D eigenvalue weighted by Gasteiger charge is -2.21. The lowest BCUT2D eigenvalue weighted by atomic mass is 10.3. The quantitative estimate of drug-likeness (QED) is 0.810. The van der Waals surface area contributed by atoms with E-state index in [0.29, 0.717) is 18.8 Å². The highest BCUT2D eigenvalue weighted by Crippen LogP contribution is 2.19. The number of hydrogen-bond acceptors (Lipinski definition) is 3. The molecule has 0 radical (unpaired) electrons. The molecule has 0 fully saturated rings. The van der Waals surface area contributed by atoms with Gasteiger partial charge in [0.05, 0.1) is 4.90 Å². The molecule has 0 bridgehead atoms. The van der Waals surface area contributed by atoms with Gasteiger partial charge in [0.25, 0.3) is 0 Å². The fourth-order valence-electron chi connectivity index (χ4n) is 1.83. The van der Waals surface area contributed by atoms with Crippen molar-refractivity contribution in [1.82, 2.24) is 4.31 Å². The van der Waals surface area contributed by atoms with Gasteiger partial charge in [-0.3, -0.25) is 5.32 Å². The van der Waals surface area contributed by atoms with E-state index in [2.05, 4.69) is 5.32 Å². The van der Waals surface area contributed by atoms with Crippen molar-refractivity contribution in [2.45, 2.75) is 31.6 Å². The minimum atomic E-state index is -3.51. The van der Waals surface area contributed by atoms with Crippen molar-refractivity contribution < 1.29 is 18.3 Å².